The third-order valence-electron chi connectivity index (χ3n) is 17.2. The lowest BCUT2D eigenvalue weighted by molar-refractivity contribution is -0.177. The van der Waals surface area contributed by atoms with E-state index in [-0.39, 0.29) is 53.6 Å². The maximum Gasteiger partial charge on any atom is 0.329 e. The summed E-state index contributed by atoms with van der Waals surface area (Å²) in [6.45, 7) is 6.55. The number of anilines is 3. The van der Waals surface area contributed by atoms with Gasteiger partial charge in [-0.15, -0.1) is 5.12 Å². The summed E-state index contributed by atoms with van der Waals surface area (Å²) in [7, 11) is 0. The van der Waals surface area contributed by atoms with Gasteiger partial charge in [0, 0.05) is 75.5 Å². The van der Waals surface area contributed by atoms with Crippen molar-refractivity contribution in [1.82, 2.24) is 55.0 Å². The van der Waals surface area contributed by atoms with Crippen molar-refractivity contribution in [3.05, 3.63) is 108 Å². The van der Waals surface area contributed by atoms with Crippen LogP contribution in [0.5, 0.6) is 0 Å². The summed E-state index contributed by atoms with van der Waals surface area (Å²) < 4.78 is 1.99. The Kier molecular flexibility index (Phi) is 11.5. The maximum atomic E-state index is 14.7. The number of carboxylic acids is 1. The van der Waals surface area contributed by atoms with Crippen molar-refractivity contribution in [3.63, 3.8) is 0 Å². The molecule has 2 saturated carbocycles. The molecule has 74 heavy (non-hydrogen) atoms. The first kappa shape index (κ1) is 46.5. The fourth-order valence-electron chi connectivity index (χ4n) is 13.0. The highest BCUT2D eigenvalue weighted by Gasteiger charge is 2.53. The van der Waals surface area contributed by atoms with Crippen LogP contribution in [0.1, 0.15) is 95.3 Å². The number of hydrogen-bond donors (Lipinski definition) is 4. The third-order valence-corrected chi connectivity index (χ3v) is 17.2. The summed E-state index contributed by atoms with van der Waals surface area (Å²) in [5.41, 5.74) is 7.30. The molecule has 4 N–H and O–H groups in total. The summed E-state index contributed by atoms with van der Waals surface area (Å²) in [6, 6.07) is 20.1. The molecule has 5 aromatic rings. The maximum absolute atomic E-state index is 14.7. The van der Waals surface area contributed by atoms with Gasteiger partial charge in [-0.2, -0.15) is 0 Å². The molecule has 21 heteroatoms. The Balaban J connectivity index is 0.872. The van der Waals surface area contributed by atoms with Crippen LogP contribution in [0, 0.1) is 5.41 Å². The number of carbonyl (C=O) groups excluding carboxylic acids is 5. The van der Waals surface area contributed by atoms with Gasteiger partial charge in [0.2, 0.25) is 17.7 Å². The molecule has 2 aromatic heterocycles. The largest absolute Gasteiger partial charge is 0.480 e. The van der Waals surface area contributed by atoms with Gasteiger partial charge in [-0.25, -0.2) is 25.1 Å². The van der Waals surface area contributed by atoms with Gasteiger partial charge in [0.05, 0.1) is 29.6 Å². The van der Waals surface area contributed by atoms with E-state index in [4.69, 9.17) is 15.0 Å². The van der Waals surface area contributed by atoms with Crippen LogP contribution < -0.4 is 26.1 Å². The Morgan fingerprint density at radius 3 is 2.24 bits per heavy atom. The van der Waals surface area contributed by atoms with Gasteiger partial charge in [0.1, 0.15) is 12.4 Å². The Morgan fingerprint density at radius 2 is 1.51 bits per heavy atom. The highest BCUT2D eigenvalue weighted by atomic mass is 16.4. The van der Waals surface area contributed by atoms with Crippen LogP contribution in [0.15, 0.2) is 85.5 Å². The summed E-state index contributed by atoms with van der Waals surface area (Å²) in [5.74, 6) is -3.83. The zero-order valence-corrected chi connectivity index (χ0v) is 40.9. The molecule has 13 aliphatic heterocycles. The van der Waals surface area contributed by atoms with Crippen LogP contribution >= 0.6 is 0 Å². The van der Waals surface area contributed by atoms with Crippen molar-refractivity contribution in [3.8, 4) is 0 Å². The molecule has 0 unspecified atom stereocenters. The zero-order chi connectivity index (χ0) is 50.4. The van der Waals surface area contributed by atoms with Crippen LogP contribution in [0.2, 0.25) is 0 Å². The summed E-state index contributed by atoms with van der Waals surface area (Å²) >= 11 is 0. The second-order valence-electron chi connectivity index (χ2n) is 21.5. The molecule has 1 spiro atoms. The molecule has 9 bridgehead atoms. The average Bonchev–Trinajstić information content (AvgIpc) is 3.92. The SMILES string of the molecule is O=C1CC[C@H](N2C(=O)c3cccc([C@@H](C(=O)O)N4N5CC(C5)N5CCC6(CC5)CC(C6)N5CCN(CC5)c5ccc(cc5)N4Nc4ncnc5c4ncn5C4CC(NC(=O)Cc5ccccc5)C4)c3C2=O)C(=O)N1. The van der Waals surface area contributed by atoms with E-state index in [2.05, 4.69) is 30.8 Å². The number of rotatable bonds is 10. The minimum Gasteiger partial charge on any atom is -0.480 e. The highest BCUT2D eigenvalue weighted by molar-refractivity contribution is 6.24. The Bertz CT molecular complexity index is 3060. The molecule has 2 aliphatic carbocycles. The lowest BCUT2D eigenvalue weighted by Gasteiger charge is -2.59. The van der Waals surface area contributed by atoms with Crippen molar-refractivity contribution in [2.45, 2.75) is 94.0 Å². The predicted octanol–water partition coefficient (Wildman–Crippen LogP) is 3.15. The molecule has 2 atom stereocenters. The molecular formula is C53H58N14O7. The quantitative estimate of drug-likeness (QED) is 0.148. The minimum atomic E-state index is -1.62. The number of fused-ring (bicyclic) bond motifs is 2. The van der Waals surface area contributed by atoms with E-state index in [0.717, 1.165) is 68.3 Å². The molecule has 21 nitrogen and oxygen atoms in total. The fraction of sp³-hybridized carbons (Fsp3) is 0.453. The molecule has 15 heterocycles. The molecule has 4 saturated heterocycles. The first-order valence-corrected chi connectivity index (χ1v) is 26.0. The summed E-state index contributed by atoms with van der Waals surface area (Å²) in [5, 5.41) is 22.4. The fourth-order valence-corrected chi connectivity index (χ4v) is 13.0. The Hall–Kier alpha value is -7.33. The van der Waals surface area contributed by atoms with Crippen LogP contribution in [0.3, 0.4) is 0 Å². The van der Waals surface area contributed by atoms with Crippen molar-refractivity contribution in [2.24, 2.45) is 5.41 Å². The number of nitrogens with zero attached hydrogens (tertiary/aromatic N) is 11. The van der Waals surface area contributed by atoms with Crippen molar-refractivity contribution in [1.29, 1.82) is 0 Å². The molecule has 6 fully saturated rings. The highest BCUT2D eigenvalue weighted by Crippen LogP contribution is 2.52. The Morgan fingerprint density at radius 1 is 0.784 bits per heavy atom. The van der Waals surface area contributed by atoms with Gasteiger partial charge in [-0.3, -0.25) is 54.2 Å². The number of piperazine rings is 1. The summed E-state index contributed by atoms with van der Waals surface area (Å²) in [4.78, 5) is 104. The average molecular weight is 1000 g/mol. The van der Waals surface area contributed by atoms with Gasteiger partial charge in [0.25, 0.3) is 11.8 Å². The van der Waals surface area contributed by atoms with Gasteiger partial charge >= 0.3 is 5.97 Å². The van der Waals surface area contributed by atoms with Crippen LogP contribution in [-0.4, -0.2) is 161 Å². The number of carboxylic acid groups (broad SMARTS) is 1. The number of hydrazine groups is 3. The van der Waals surface area contributed by atoms with E-state index in [1.165, 1.54) is 25.2 Å². The van der Waals surface area contributed by atoms with E-state index in [0.29, 0.717) is 66.5 Å². The molecule has 15 aliphatic rings. The smallest absolute Gasteiger partial charge is 0.329 e. The molecule has 382 valence electrons. The number of imidazole rings is 1. The molecule has 5 amide bonds. The Labute approximate surface area is 426 Å². The lowest BCUT2D eigenvalue weighted by atomic mass is 9.59. The monoisotopic (exact) mass is 1000 g/mol. The van der Waals surface area contributed by atoms with E-state index >= 15 is 0 Å². The van der Waals surface area contributed by atoms with Crippen molar-refractivity contribution >= 4 is 63.9 Å². The first-order chi connectivity index (χ1) is 36.0. The number of imide groups is 2. The van der Waals surface area contributed by atoms with Crippen molar-refractivity contribution < 1.29 is 33.9 Å². The normalized spacial score (nSPS) is 29.9. The number of piperidine rings is 2. The van der Waals surface area contributed by atoms with Crippen LogP contribution in [-0.2, 0) is 25.6 Å². The van der Waals surface area contributed by atoms with Crippen LogP contribution in [0.4, 0.5) is 17.2 Å². The molecular weight excluding hydrogens is 945 g/mol. The van der Waals surface area contributed by atoms with E-state index in [1.807, 2.05) is 64.2 Å². The zero-order valence-electron chi connectivity index (χ0n) is 40.9. The van der Waals surface area contributed by atoms with Gasteiger partial charge < -0.3 is 19.9 Å². The standard InChI is InChI=1S/C53H58N14O7/c68-42-14-13-41(49(70)58-42)65-50(71)40-8-4-7-39(44(40)51(65)72)46(52(73)74)67-63-28-38(29-63)60-17-15-53(16-18-60)26-37(27-53)62-21-19-61(20-22-62)34-9-11-35(12-10-34)66(67)59-47-45-48(55-30-54-47)64(31-56-45)36-24-33(25-36)57-43(69)23-32-5-2-1-3-6-32/h1-12,30-31,33,36-38,41,46H,13-29H2,(H,57,69)(H,73,74)(H,54,55,59)(H,58,68,70)/t33?,36?,41-,46-/m0/s1. The van der Waals surface area contributed by atoms with Gasteiger partial charge in [0.15, 0.2) is 23.0 Å². The summed E-state index contributed by atoms with van der Waals surface area (Å²) in [6.07, 6.45) is 9.42. The van der Waals surface area contributed by atoms with Gasteiger partial charge in [-0.05, 0) is 105 Å². The van der Waals surface area contributed by atoms with E-state index in [9.17, 15) is 33.9 Å². The van der Waals surface area contributed by atoms with Crippen molar-refractivity contribution in [2.75, 3.05) is 67.8 Å². The number of nitrogens with one attached hydrogen (secondary N) is 3. The second-order valence-corrected chi connectivity index (χ2v) is 21.5. The number of carbonyl (C=O) groups is 6. The topological polar surface area (TPSA) is 225 Å². The van der Waals surface area contributed by atoms with Crippen LogP contribution in [0.25, 0.3) is 11.2 Å². The van der Waals surface area contributed by atoms with Gasteiger partial charge in [-0.1, -0.05) is 42.5 Å². The van der Waals surface area contributed by atoms with E-state index < -0.39 is 41.7 Å². The predicted molar refractivity (Wildman–Crippen MR) is 269 cm³/mol. The molecule has 0 radical (unpaired) electrons. The number of benzene rings is 3. The second kappa shape index (κ2) is 18.3. The number of amides is 5. The lowest BCUT2D eigenvalue weighted by Crippen LogP contribution is -2.71. The minimum absolute atomic E-state index is 0.00135. The molecule has 3 aromatic carbocycles. The third kappa shape index (κ3) is 8.03. The number of hydrogen-bond acceptors (Lipinski definition) is 16. The van der Waals surface area contributed by atoms with E-state index in [1.54, 1.807) is 28.7 Å². The number of aliphatic carboxylic acids is 1. The first-order valence-electron chi connectivity index (χ1n) is 26.0. The number of aromatic nitrogens is 4. The molecule has 20 rings (SSSR count).